The molecule has 0 aromatic carbocycles. The van der Waals surface area contributed by atoms with Gasteiger partial charge in [-0.05, 0) is 6.42 Å². The summed E-state index contributed by atoms with van der Waals surface area (Å²) >= 11 is 5.36. The molecule has 0 radical (unpaired) electrons. The summed E-state index contributed by atoms with van der Waals surface area (Å²) in [6.45, 7) is 2.18. The number of alkyl halides is 1. The van der Waals surface area contributed by atoms with Crippen LogP contribution in [0.5, 0.6) is 0 Å². The number of carbonyl (C=O) groups is 1. The highest BCUT2D eigenvalue weighted by atomic mass is 35.5. The largest absolute Gasteiger partial charge is 0.273 e. The second-order valence-electron chi connectivity index (χ2n) is 2.39. The number of carbonyl (C=O) groups excluding carboxylic acids is 1. The molecule has 0 rings (SSSR count). The van der Waals surface area contributed by atoms with Crippen LogP contribution in [-0.2, 0) is 4.79 Å². The van der Waals surface area contributed by atoms with Gasteiger partial charge in [-0.3, -0.25) is 4.79 Å². The predicted octanol–water partition coefficient (Wildman–Crippen LogP) is 1.93. The molecule has 0 N–H and O–H groups in total. The van der Waals surface area contributed by atoms with Gasteiger partial charge in [-0.2, -0.15) is 5.01 Å². The molecule has 5 heteroatoms. The summed E-state index contributed by atoms with van der Waals surface area (Å²) in [6, 6.07) is 0. The van der Waals surface area contributed by atoms with Crippen LogP contribution in [0, 0.1) is 4.91 Å². The lowest BCUT2D eigenvalue weighted by Crippen LogP contribution is -2.26. The van der Waals surface area contributed by atoms with E-state index in [1.54, 1.807) is 0 Å². The Labute approximate surface area is 76.8 Å². The number of nitroso groups, excluding NO2 is 1. The fraction of sp³-hybridized carbons (Fsp3) is 0.857. The molecule has 0 heterocycles. The number of nitrogens with zero attached hydrogens (tertiary/aromatic N) is 2. The third-order valence-electron chi connectivity index (χ3n) is 1.43. The molecule has 0 spiro atoms. The fourth-order valence-corrected chi connectivity index (χ4v) is 0.908. The molecule has 1 amide bonds. The summed E-state index contributed by atoms with van der Waals surface area (Å²) in [4.78, 5) is 21.2. The van der Waals surface area contributed by atoms with Gasteiger partial charge in [0, 0.05) is 12.3 Å². The highest BCUT2D eigenvalue weighted by Gasteiger charge is 2.11. The van der Waals surface area contributed by atoms with Crippen molar-refractivity contribution in [1.29, 1.82) is 0 Å². The van der Waals surface area contributed by atoms with E-state index in [0.717, 1.165) is 17.9 Å². The van der Waals surface area contributed by atoms with Crippen molar-refractivity contribution in [3.63, 3.8) is 0 Å². The Morgan fingerprint density at radius 3 is 2.67 bits per heavy atom. The number of unbranched alkanes of at least 4 members (excludes halogenated alkanes) is 1. The third-order valence-corrected chi connectivity index (χ3v) is 1.60. The van der Waals surface area contributed by atoms with Crippen molar-refractivity contribution in [3.8, 4) is 0 Å². The third kappa shape index (κ3) is 4.28. The van der Waals surface area contributed by atoms with Gasteiger partial charge in [-0.1, -0.05) is 13.3 Å². The summed E-state index contributed by atoms with van der Waals surface area (Å²) in [5.41, 5.74) is 0. The molecule has 12 heavy (non-hydrogen) atoms. The molecule has 0 saturated heterocycles. The van der Waals surface area contributed by atoms with Gasteiger partial charge in [-0.25, -0.2) is 0 Å². The minimum absolute atomic E-state index is 0.202. The van der Waals surface area contributed by atoms with Gasteiger partial charge >= 0.3 is 0 Å². The molecule has 0 atom stereocenters. The monoisotopic (exact) mass is 192 g/mol. The minimum Gasteiger partial charge on any atom is -0.273 e. The first-order valence-corrected chi connectivity index (χ1v) is 4.49. The molecule has 0 saturated carbocycles. The number of hydrogen-bond donors (Lipinski definition) is 0. The van der Waals surface area contributed by atoms with Crippen LogP contribution in [0.1, 0.15) is 26.2 Å². The second kappa shape index (κ2) is 7.03. The maximum Gasteiger partial charge on any atom is 0.245 e. The molecule has 0 fully saturated rings. The van der Waals surface area contributed by atoms with E-state index in [4.69, 9.17) is 11.6 Å². The van der Waals surface area contributed by atoms with Crippen LogP contribution < -0.4 is 0 Å². The van der Waals surface area contributed by atoms with Gasteiger partial charge in [-0.15, -0.1) is 16.5 Å². The Bertz CT molecular complexity index is 152. The van der Waals surface area contributed by atoms with E-state index in [2.05, 4.69) is 5.29 Å². The molecule has 0 aliphatic rings. The Kier molecular flexibility index (Phi) is 6.66. The maximum absolute atomic E-state index is 11.1. The molecule has 0 aromatic heterocycles. The highest BCUT2D eigenvalue weighted by Crippen LogP contribution is 2.01. The number of hydrogen-bond acceptors (Lipinski definition) is 3. The summed E-state index contributed by atoms with van der Waals surface area (Å²) < 4.78 is 0. The molecular formula is C7H13ClN2O2. The van der Waals surface area contributed by atoms with Crippen LogP contribution in [0.15, 0.2) is 5.29 Å². The van der Waals surface area contributed by atoms with Crippen LogP contribution >= 0.6 is 11.6 Å². The van der Waals surface area contributed by atoms with E-state index in [9.17, 15) is 9.70 Å². The Morgan fingerprint density at radius 2 is 2.25 bits per heavy atom. The SMILES string of the molecule is CCCCC(=O)N(CCCl)N=O. The van der Waals surface area contributed by atoms with E-state index in [1.165, 1.54) is 0 Å². The Hall–Kier alpha value is -0.640. The molecule has 0 aliphatic heterocycles. The van der Waals surface area contributed by atoms with Crippen molar-refractivity contribution in [2.24, 2.45) is 5.29 Å². The molecule has 0 unspecified atom stereocenters. The smallest absolute Gasteiger partial charge is 0.245 e. The van der Waals surface area contributed by atoms with E-state index < -0.39 is 0 Å². The van der Waals surface area contributed by atoms with Gasteiger partial charge in [0.05, 0.1) is 11.8 Å². The van der Waals surface area contributed by atoms with Crippen molar-refractivity contribution in [2.45, 2.75) is 26.2 Å². The molecule has 0 bridgehead atoms. The summed E-state index contributed by atoms with van der Waals surface area (Å²) in [7, 11) is 0. The molecule has 70 valence electrons. The topological polar surface area (TPSA) is 49.7 Å². The molecule has 0 aromatic rings. The standard InChI is InChI=1S/C7H13ClN2O2/c1-2-3-4-7(11)10(9-12)6-5-8/h2-6H2,1H3. The van der Waals surface area contributed by atoms with Crippen molar-refractivity contribution in [1.82, 2.24) is 5.01 Å². The quantitative estimate of drug-likeness (QED) is 0.367. The zero-order valence-corrected chi connectivity index (χ0v) is 7.88. The second-order valence-corrected chi connectivity index (χ2v) is 2.77. The van der Waals surface area contributed by atoms with E-state index in [0.29, 0.717) is 6.42 Å². The first-order chi connectivity index (χ1) is 5.76. The normalized spacial score (nSPS) is 9.50. The fourth-order valence-electron chi connectivity index (χ4n) is 0.748. The van der Waals surface area contributed by atoms with Crippen molar-refractivity contribution >= 4 is 17.5 Å². The minimum atomic E-state index is -0.243. The summed E-state index contributed by atoms with van der Waals surface area (Å²) in [5, 5.41) is 3.46. The van der Waals surface area contributed by atoms with Gasteiger partial charge in [0.25, 0.3) is 0 Å². The average Bonchev–Trinajstić information content (AvgIpc) is 2.10. The summed E-state index contributed by atoms with van der Waals surface area (Å²) in [5.74, 6) is -0.00337. The Balaban J connectivity index is 3.77. The van der Waals surface area contributed by atoms with Crippen LogP contribution in [-0.4, -0.2) is 23.3 Å². The highest BCUT2D eigenvalue weighted by molar-refractivity contribution is 6.18. The lowest BCUT2D eigenvalue weighted by atomic mass is 10.2. The number of halogens is 1. The lowest BCUT2D eigenvalue weighted by Gasteiger charge is -2.10. The summed E-state index contributed by atoms with van der Waals surface area (Å²) in [6.07, 6.45) is 2.09. The van der Waals surface area contributed by atoms with Crippen LogP contribution in [0.25, 0.3) is 0 Å². The van der Waals surface area contributed by atoms with Gasteiger partial charge in [0.15, 0.2) is 0 Å². The number of rotatable bonds is 6. The first kappa shape index (κ1) is 11.4. The van der Waals surface area contributed by atoms with E-state index >= 15 is 0 Å². The zero-order valence-electron chi connectivity index (χ0n) is 7.12. The van der Waals surface area contributed by atoms with Crippen molar-refractivity contribution in [3.05, 3.63) is 4.91 Å². The Morgan fingerprint density at radius 1 is 1.58 bits per heavy atom. The van der Waals surface area contributed by atoms with Crippen LogP contribution in [0.2, 0.25) is 0 Å². The van der Waals surface area contributed by atoms with Crippen LogP contribution in [0.4, 0.5) is 0 Å². The lowest BCUT2D eigenvalue weighted by molar-refractivity contribution is -0.131. The molecular weight excluding hydrogens is 180 g/mol. The average molecular weight is 193 g/mol. The molecule has 4 nitrogen and oxygen atoms in total. The van der Waals surface area contributed by atoms with Gasteiger partial charge < -0.3 is 0 Å². The van der Waals surface area contributed by atoms with Crippen LogP contribution in [0.3, 0.4) is 0 Å². The van der Waals surface area contributed by atoms with Crippen molar-refractivity contribution < 1.29 is 4.79 Å². The van der Waals surface area contributed by atoms with E-state index in [1.807, 2.05) is 6.92 Å². The maximum atomic E-state index is 11.1. The van der Waals surface area contributed by atoms with E-state index in [-0.39, 0.29) is 18.3 Å². The zero-order chi connectivity index (χ0) is 9.40. The number of amides is 1. The molecule has 0 aliphatic carbocycles. The van der Waals surface area contributed by atoms with Gasteiger partial charge in [0.2, 0.25) is 5.91 Å². The predicted molar refractivity (Wildman–Crippen MR) is 47.8 cm³/mol. The van der Waals surface area contributed by atoms with Crippen molar-refractivity contribution in [2.75, 3.05) is 12.4 Å². The van der Waals surface area contributed by atoms with Gasteiger partial charge in [0.1, 0.15) is 0 Å². The first-order valence-electron chi connectivity index (χ1n) is 3.95.